The van der Waals surface area contributed by atoms with Gasteiger partial charge in [0, 0.05) is 20.9 Å². The molecule has 0 radical (unpaired) electrons. The van der Waals surface area contributed by atoms with E-state index in [1.807, 2.05) is 18.2 Å². The summed E-state index contributed by atoms with van der Waals surface area (Å²) in [5.41, 5.74) is 0.319. The number of cyclic esters (lactones) is 1. The monoisotopic (exact) mass is 358 g/mol. The van der Waals surface area contributed by atoms with Gasteiger partial charge in [0.15, 0.2) is 5.69 Å². The van der Waals surface area contributed by atoms with Crippen molar-refractivity contribution in [2.24, 2.45) is 17.3 Å². The second kappa shape index (κ2) is 6.17. The van der Waals surface area contributed by atoms with Gasteiger partial charge >= 0.3 is 11.9 Å². The van der Waals surface area contributed by atoms with Crippen LogP contribution in [0.15, 0.2) is 57.0 Å². The SMILES string of the molecule is Cc1c(N=NC2=C(O)OC(C)(C)OC2=O)c(=O)n(-c2ccccc2)n1C. The van der Waals surface area contributed by atoms with Gasteiger partial charge < -0.3 is 14.6 Å². The third-order valence-electron chi connectivity index (χ3n) is 3.85. The van der Waals surface area contributed by atoms with Gasteiger partial charge in [-0.25, -0.2) is 9.48 Å². The van der Waals surface area contributed by atoms with E-state index in [0.29, 0.717) is 11.4 Å². The van der Waals surface area contributed by atoms with E-state index < -0.39 is 29.0 Å². The molecule has 0 bridgehead atoms. The molecule has 2 heterocycles. The summed E-state index contributed by atoms with van der Waals surface area (Å²) in [6, 6.07) is 9.03. The molecule has 0 spiro atoms. The number of nitrogens with zero attached hydrogens (tertiary/aromatic N) is 4. The van der Waals surface area contributed by atoms with Crippen LogP contribution in [0.25, 0.3) is 5.69 Å². The fourth-order valence-electron chi connectivity index (χ4n) is 2.51. The third-order valence-corrected chi connectivity index (χ3v) is 3.85. The molecule has 0 fully saturated rings. The van der Waals surface area contributed by atoms with Gasteiger partial charge in [-0.2, -0.15) is 0 Å². The fourth-order valence-corrected chi connectivity index (χ4v) is 2.51. The molecule has 0 aliphatic carbocycles. The molecule has 1 N–H and O–H groups in total. The highest BCUT2D eigenvalue weighted by atomic mass is 16.8. The molecule has 136 valence electrons. The predicted molar refractivity (Wildman–Crippen MR) is 91.2 cm³/mol. The summed E-state index contributed by atoms with van der Waals surface area (Å²) < 4.78 is 13.1. The lowest BCUT2D eigenvalue weighted by Crippen LogP contribution is -2.36. The first-order valence-electron chi connectivity index (χ1n) is 7.82. The first-order valence-corrected chi connectivity index (χ1v) is 7.82. The Bertz CT molecular complexity index is 983. The summed E-state index contributed by atoms with van der Waals surface area (Å²) >= 11 is 0. The van der Waals surface area contributed by atoms with Crippen molar-refractivity contribution in [2.45, 2.75) is 26.6 Å². The number of aliphatic hydroxyl groups excluding tert-OH is 1. The molecule has 1 aromatic heterocycles. The fraction of sp³-hybridized carbons (Fsp3) is 0.294. The molecule has 2 aromatic rings. The molecule has 1 aromatic carbocycles. The first-order chi connectivity index (χ1) is 12.2. The van der Waals surface area contributed by atoms with E-state index in [1.54, 1.807) is 30.8 Å². The zero-order chi connectivity index (χ0) is 19.1. The number of aromatic nitrogens is 2. The number of para-hydroxylation sites is 1. The molecular formula is C17H18N4O5. The minimum Gasteiger partial charge on any atom is -0.479 e. The quantitative estimate of drug-likeness (QED) is 0.670. The van der Waals surface area contributed by atoms with Crippen LogP contribution in [-0.2, 0) is 21.3 Å². The summed E-state index contributed by atoms with van der Waals surface area (Å²) in [5.74, 6) is -2.89. The van der Waals surface area contributed by atoms with Crippen molar-refractivity contribution in [1.29, 1.82) is 0 Å². The van der Waals surface area contributed by atoms with Crippen LogP contribution in [0.3, 0.4) is 0 Å². The molecule has 26 heavy (non-hydrogen) atoms. The second-order valence-corrected chi connectivity index (χ2v) is 6.16. The Kier molecular flexibility index (Phi) is 4.15. The second-order valence-electron chi connectivity index (χ2n) is 6.16. The Hall–Kier alpha value is -3.36. The Morgan fingerprint density at radius 2 is 1.73 bits per heavy atom. The Morgan fingerprint density at radius 3 is 2.35 bits per heavy atom. The van der Waals surface area contributed by atoms with E-state index in [0.717, 1.165) is 0 Å². The Labute approximate surface area is 148 Å². The first kappa shape index (κ1) is 17.5. The normalized spacial score (nSPS) is 16.7. The van der Waals surface area contributed by atoms with Crippen molar-refractivity contribution in [2.75, 3.05) is 0 Å². The summed E-state index contributed by atoms with van der Waals surface area (Å²) in [6.45, 7) is 4.63. The van der Waals surface area contributed by atoms with Crippen molar-refractivity contribution in [1.82, 2.24) is 9.36 Å². The molecular weight excluding hydrogens is 340 g/mol. The highest BCUT2D eigenvalue weighted by molar-refractivity contribution is 5.89. The maximum atomic E-state index is 12.7. The van der Waals surface area contributed by atoms with Crippen LogP contribution in [0.2, 0.25) is 0 Å². The molecule has 1 aliphatic rings. The Balaban J connectivity index is 2.03. The average molecular weight is 358 g/mol. The van der Waals surface area contributed by atoms with Gasteiger partial charge in [-0.15, -0.1) is 10.2 Å². The van der Waals surface area contributed by atoms with E-state index in [9.17, 15) is 14.7 Å². The zero-order valence-electron chi connectivity index (χ0n) is 14.8. The van der Waals surface area contributed by atoms with E-state index in [4.69, 9.17) is 9.47 Å². The number of hydrogen-bond donors (Lipinski definition) is 1. The van der Waals surface area contributed by atoms with Gasteiger partial charge in [-0.3, -0.25) is 9.48 Å². The standard InChI is InChI=1S/C17H18N4O5/c1-10-12(14(22)21(20(10)4)11-8-6-5-7-9-11)18-19-13-15(23)25-17(2,3)26-16(13)24/h5-9,23H,1-4H3. The van der Waals surface area contributed by atoms with E-state index in [2.05, 4.69) is 10.2 Å². The molecule has 3 rings (SSSR count). The summed E-state index contributed by atoms with van der Waals surface area (Å²) in [6.07, 6.45) is 0. The highest BCUT2D eigenvalue weighted by Crippen LogP contribution is 2.27. The van der Waals surface area contributed by atoms with Crippen molar-refractivity contribution in [3.05, 3.63) is 58.0 Å². The van der Waals surface area contributed by atoms with Crippen molar-refractivity contribution >= 4 is 11.7 Å². The molecule has 0 unspecified atom stereocenters. The van der Waals surface area contributed by atoms with E-state index >= 15 is 0 Å². The number of rotatable bonds is 3. The number of ether oxygens (including phenoxy) is 2. The number of carbonyl (C=O) groups excluding carboxylic acids is 1. The van der Waals surface area contributed by atoms with Crippen molar-refractivity contribution in [3.63, 3.8) is 0 Å². The smallest absolute Gasteiger partial charge is 0.369 e. The maximum absolute atomic E-state index is 12.7. The highest BCUT2D eigenvalue weighted by Gasteiger charge is 2.36. The number of hydrogen-bond acceptors (Lipinski definition) is 7. The van der Waals surface area contributed by atoms with Gasteiger partial charge in [-0.1, -0.05) is 18.2 Å². The number of esters is 1. The van der Waals surface area contributed by atoms with Crippen LogP contribution < -0.4 is 5.56 Å². The number of aliphatic hydroxyl groups is 1. The summed E-state index contributed by atoms with van der Waals surface area (Å²) in [4.78, 5) is 24.7. The Morgan fingerprint density at radius 1 is 1.08 bits per heavy atom. The molecule has 0 atom stereocenters. The van der Waals surface area contributed by atoms with Crippen molar-refractivity contribution < 1.29 is 19.4 Å². The molecule has 1 aliphatic heterocycles. The lowest BCUT2D eigenvalue weighted by atomic mass is 10.3. The number of benzene rings is 1. The summed E-state index contributed by atoms with van der Waals surface area (Å²) in [5, 5.41) is 17.4. The molecule has 0 amide bonds. The largest absolute Gasteiger partial charge is 0.479 e. The van der Waals surface area contributed by atoms with Crippen LogP contribution in [0.5, 0.6) is 0 Å². The zero-order valence-corrected chi connectivity index (χ0v) is 14.8. The lowest BCUT2D eigenvalue weighted by Gasteiger charge is -2.28. The molecule has 9 nitrogen and oxygen atoms in total. The summed E-state index contributed by atoms with van der Waals surface area (Å²) in [7, 11) is 1.71. The number of azo groups is 1. The molecule has 0 saturated heterocycles. The minimum atomic E-state index is -1.30. The van der Waals surface area contributed by atoms with E-state index in [-0.39, 0.29) is 5.69 Å². The number of carbonyl (C=O) groups is 1. The topological polar surface area (TPSA) is 107 Å². The van der Waals surface area contributed by atoms with Crippen LogP contribution in [0.1, 0.15) is 19.5 Å². The predicted octanol–water partition coefficient (Wildman–Crippen LogP) is 2.60. The lowest BCUT2D eigenvalue weighted by molar-refractivity contribution is -0.222. The van der Waals surface area contributed by atoms with Gasteiger partial charge in [0.05, 0.1) is 11.4 Å². The average Bonchev–Trinajstić information content (AvgIpc) is 2.77. The van der Waals surface area contributed by atoms with Gasteiger partial charge in [-0.05, 0) is 19.1 Å². The van der Waals surface area contributed by atoms with E-state index in [1.165, 1.54) is 18.5 Å². The molecule has 0 saturated carbocycles. The van der Waals surface area contributed by atoms with Crippen LogP contribution in [0, 0.1) is 6.92 Å². The van der Waals surface area contributed by atoms with Crippen LogP contribution in [0.4, 0.5) is 5.69 Å². The maximum Gasteiger partial charge on any atom is 0.369 e. The van der Waals surface area contributed by atoms with Gasteiger partial charge in [0.1, 0.15) is 0 Å². The van der Waals surface area contributed by atoms with Crippen LogP contribution >= 0.6 is 0 Å². The third kappa shape index (κ3) is 2.99. The van der Waals surface area contributed by atoms with Crippen molar-refractivity contribution in [3.8, 4) is 5.69 Å². The van der Waals surface area contributed by atoms with Gasteiger partial charge in [0.25, 0.3) is 17.0 Å². The van der Waals surface area contributed by atoms with Crippen LogP contribution in [-0.4, -0.2) is 26.2 Å². The molecule has 9 heteroatoms. The minimum absolute atomic E-state index is 0.0364. The van der Waals surface area contributed by atoms with Gasteiger partial charge in [0.2, 0.25) is 0 Å².